The molecule has 2 N–H and O–H groups in total. The molecule has 5 heteroatoms. The number of pyridine rings is 2. The standard InChI is InChI=1S/C18H13N3O2/c22-15-7-2-1-5-12(15)18-20-17(13-11-19-9-8-16(13)23)14-6-3-4-10-21(14)18/h1-11,22H,(H,19,23). The minimum atomic E-state index is 0.118. The van der Waals surface area contributed by atoms with Crippen LogP contribution in [0.2, 0.25) is 0 Å². The van der Waals surface area contributed by atoms with Gasteiger partial charge in [0.05, 0.1) is 16.6 Å². The zero-order chi connectivity index (χ0) is 15.8. The smallest absolute Gasteiger partial charge is 0.149 e. The Morgan fingerprint density at radius 3 is 2.43 bits per heavy atom. The average molecular weight is 303 g/mol. The molecule has 0 aliphatic carbocycles. The lowest BCUT2D eigenvalue weighted by molar-refractivity contribution is 0.476. The van der Waals surface area contributed by atoms with E-state index in [0.29, 0.717) is 22.6 Å². The predicted octanol–water partition coefficient (Wildman–Crippen LogP) is 3.47. The number of hydrogen-bond acceptors (Lipinski definition) is 4. The largest absolute Gasteiger partial charge is 0.507 e. The van der Waals surface area contributed by atoms with Gasteiger partial charge in [-0.1, -0.05) is 18.2 Å². The van der Waals surface area contributed by atoms with E-state index in [1.54, 1.807) is 18.3 Å². The van der Waals surface area contributed by atoms with Crippen molar-refractivity contribution in [3.8, 4) is 34.1 Å². The molecule has 112 valence electrons. The molecule has 0 unspecified atom stereocenters. The second kappa shape index (κ2) is 5.14. The number of imidazole rings is 1. The Labute approximate surface area is 132 Å². The molecular weight excluding hydrogens is 290 g/mol. The van der Waals surface area contributed by atoms with Gasteiger partial charge in [-0.25, -0.2) is 4.98 Å². The summed E-state index contributed by atoms with van der Waals surface area (Å²) in [6.45, 7) is 0. The van der Waals surface area contributed by atoms with Crippen molar-refractivity contribution in [1.82, 2.24) is 14.4 Å². The van der Waals surface area contributed by atoms with E-state index < -0.39 is 0 Å². The first-order chi connectivity index (χ1) is 11.3. The fourth-order valence-corrected chi connectivity index (χ4v) is 2.66. The van der Waals surface area contributed by atoms with Crippen LogP contribution in [-0.2, 0) is 0 Å². The van der Waals surface area contributed by atoms with Crippen molar-refractivity contribution >= 4 is 5.52 Å². The molecule has 4 rings (SSSR count). The summed E-state index contributed by atoms with van der Waals surface area (Å²) < 4.78 is 1.89. The van der Waals surface area contributed by atoms with Crippen molar-refractivity contribution < 1.29 is 10.2 Å². The maximum Gasteiger partial charge on any atom is 0.149 e. The van der Waals surface area contributed by atoms with Gasteiger partial charge in [0, 0.05) is 18.6 Å². The molecule has 5 nitrogen and oxygen atoms in total. The zero-order valence-electron chi connectivity index (χ0n) is 12.1. The second-order valence-corrected chi connectivity index (χ2v) is 5.15. The third kappa shape index (κ3) is 2.10. The summed E-state index contributed by atoms with van der Waals surface area (Å²) in [5.74, 6) is 0.884. The average Bonchev–Trinajstić information content (AvgIpc) is 2.95. The highest BCUT2D eigenvalue weighted by Gasteiger charge is 2.17. The highest BCUT2D eigenvalue weighted by Crippen LogP contribution is 2.35. The SMILES string of the molecule is Oc1ccncc1-c1nc(-c2ccccc2O)n2ccccc12. The predicted molar refractivity (Wildman–Crippen MR) is 87.2 cm³/mol. The molecule has 0 fully saturated rings. The third-order valence-electron chi connectivity index (χ3n) is 3.75. The summed E-state index contributed by atoms with van der Waals surface area (Å²) in [5.41, 5.74) is 2.63. The van der Waals surface area contributed by atoms with E-state index >= 15 is 0 Å². The van der Waals surface area contributed by atoms with E-state index in [0.717, 1.165) is 5.52 Å². The molecule has 3 aromatic heterocycles. The molecule has 0 spiro atoms. The molecule has 0 saturated heterocycles. The van der Waals surface area contributed by atoms with Crippen LogP contribution in [0.3, 0.4) is 0 Å². The summed E-state index contributed by atoms with van der Waals surface area (Å²) >= 11 is 0. The number of nitrogens with zero attached hydrogens (tertiary/aromatic N) is 3. The van der Waals surface area contributed by atoms with Gasteiger partial charge in [0.2, 0.25) is 0 Å². The molecular formula is C18H13N3O2. The van der Waals surface area contributed by atoms with E-state index in [1.807, 2.05) is 40.9 Å². The normalized spacial score (nSPS) is 11.0. The molecule has 23 heavy (non-hydrogen) atoms. The molecule has 3 heterocycles. The van der Waals surface area contributed by atoms with E-state index in [9.17, 15) is 10.2 Å². The maximum atomic E-state index is 10.1. The van der Waals surface area contributed by atoms with E-state index in [4.69, 9.17) is 0 Å². The van der Waals surface area contributed by atoms with Crippen molar-refractivity contribution in [2.45, 2.75) is 0 Å². The molecule has 0 atom stereocenters. The first-order valence-electron chi connectivity index (χ1n) is 7.14. The van der Waals surface area contributed by atoms with Gasteiger partial charge >= 0.3 is 0 Å². The first kappa shape index (κ1) is 13.3. The van der Waals surface area contributed by atoms with Crippen LogP contribution in [0.15, 0.2) is 67.1 Å². The van der Waals surface area contributed by atoms with Gasteiger partial charge in [0.1, 0.15) is 23.0 Å². The fraction of sp³-hybridized carbons (Fsp3) is 0. The lowest BCUT2D eigenvalue weighted by Crippen LogP contribution is -1.88. The van der Waals surface area contributed by atoms with Crippen LogP contribution in [0, 0.1) is 0 Å². The van der Waals surface area contributed by atoms with Gasteiger partial charge in [-0.15, -0.1) is 0 Å². The Morgan fingerprint density at radius 1 is 0.826 bits per heavy atom. The van der Waals surface area contributed by atoms with Crippen molar-refractivity contribution in [3.05, 3.63) is 67.1 Å². The molecule has 0 aliphatic rings. The zero-order valence-corrected chi connectivity index (χ0v) is 12.1. The van der Waals surface area contributed by atoms with Gasteiger partial charge < -0.3 is 10.2 Å². The van der Waals surface area contributed by atoms with Gasteiger partial charge in [-0.3, -0.25) is 9.38 Å². The number of phenolic OH excluding ortho intramolecular Hbond substituents is 1. The monoisotopic (exact) mass is 303 g/mol. The highest BCUT2D eigenvalue weighted by molar-refractivity contribution is 5.84. The summed E-state index contributed by atoms with van der Waals surface area (Å²) in [6, 6.07) is 14.3. The molecule has 0 amide bonds. The summed E-state index contributed by atoms with van der Waals surface area (Å²) in [4.78, 5) is 8.72. The Kier molecular flexibility index (Phi) is 2.98. The lowest BCUT2D eigenvalue weighted by atomic mass is 10.1. The Balaban J connectivity index is 2.06. The van der Waals surface area contributed by atoms with Gasteiger partial charge in [-0.05, 0) is 30.3 Å². The molecule has 1 aromatic carbocycles. The summed E-state index contributed by atoms with van der Waals surface area (Å²) in [5, 5.41) is 20.3. The highest BCUT2D eigenvalue weighted by atomic mass is 16.3. The minimum Gasteiger partial charge on any atom is -0.507 e. The summed E-state index contributed by atoms with van der Waals surface area (Å²) in [7, 11) is 0. The van der Waals surface area contributed by atoms with Crippen LogP contribution >= 0.6 is 0 Å². The summed E-state index contributed by atoms with van der Waals surface area (Å²) in [6.07, 6.45) is 4.99. The fourth-order valence-electron chi connectivity index (χ4n) is 2.66. The van der Waals surface area contributed by atoms with Crippen LogP contribution in [-0.4, -0.2) is 24.6 Å². The first-order valence-corrected chi connectivity index (χ1v) is 7.14. The number of phenols is 1. The Morgan fingerprint density at radius 2 is 1.61 bits per heavy atom. The maximum absolute atomic E-state index is 10.1. The molecule has 0 radical (unpaired) electrons. The Bertz CT molecular complexity index is 929. The number of aromatic nitrogens is 3. The topological polar surface area (TPSA) is 70.7 Å². The number of benzene rings is 1. The molecule has 0 bridgehead atoms. The van der Waals surface area contributed by atoms with Crippen LogP contribution in [0.4, 0.5) is 0 Å². The van der Waals surface area contributed by atoms with Crippen molar-refractivity contribution in [2.24, 2.45) is 0 Å². The van der Waals surface area contributed by atoms with Crippen LogP contribution in [0.5, 0.6) is 11.5 Å². The van der Waals surface area contributed by atoms with Gasteiger partial charge in [-0.2, -0.15) is 0 Å². The molecule has 4 aromatic rings. The van der Waals surface area contributed by atoms with Crippen molar-refractivity contribution in [3.63, 3.8) is 0 Å². The lowest BCUT2D eigenvalue weighted by Gasteiger charge is -2.03. The second-order valence-electron chi connectivity index (χ2n) is 5.15. The Hall–Kier alpha value is -3.34. The van der Waals surface area contributed by atoms with Crippen LogP contribution < -0.4 is 0 Å². The van der Waals surface area contributed by atoms with Gasteiger partial charge in [0.15, 0.2) is 0 Å². The van der Waals surface area contributed by atoms with E-state index in [1.165, 1.54) is 12.3 Å². The van der Waals surface area contributed by atoms with E-state index in [-0.39, 0.29) is 11.5 Å². The number of fused-ring (bicyclic) bond motifs is 1. The van der Waals surface area contributed by atoms with Gasteiger partial charge in [0.25, 0.3) is 0 Å². The van der Waals surface area contributed by atoms with Crippen LogP contribution in [0.1, 0.15) is 0 Å². The quantitative estimate of drug-likeness (QED) is 0.595. The molecule has 0 saturated carbocycles. The molecule has 0 aliphatic heterocycles. The number of para-hydroxylation sites is 1. The van der Waals surface area contributed by atoms with Crippen molar-refractivity contribution in [2.75, 3.05) is 0 Å². The number of hydrogen-bond donors (Lipinski definition) is 2. The number of rotatable bonds is 2. The van der Waals surface area contributed by atoms with Crippen LogP contribution in [0.25, 0.3) is 28.2 Å². The van der Waals surface area contributed by atoms with Crippen molar-refractivity contribution in [1.29, 1.82) is 0 Å². The van der Waals surface area contributed by atoms with E-state index in [2.05, 4.69) is 9.97 Å². The number of aromatic hydroxyl groups is 2. The minimum absolute atomic E-state index is 0.118. The third-order valence-corrected chi connectivity index (χ3v) is 3.75.